The summed E-state index contributed by atoms with van der Waals surface area (Å²) in [6.07, 6.45) is 2.13. The molecule has 0 fully saturated rings. The highest BCUT2D eigenvalue weighted by Gasteiger charge is 2.25. The molecular formula is C30H47NO10. The quantitative estimate of drug-likeness (QED) is 0.0958. The average Bonchev–Trinajstić information content (AvgIpc) is 2.90. The molecule has 0 aromatic heterocycles. The molecule has 0 radical (unpaired) electrons. The van der Waals surface area contributed by atoms with Gasteiger partial charge in [0.25, 0.3) is 0 Å². The number of rotatable bonds is 18. The molecule has 0 saturated carbocycles. The third-order valence-electron chi connectivity index (χ3n) is 5.94. The summed E-state index contributed by atoms with van der Waals surface area (Å²) >= 11 is 0. The lowest BCUT2D eigenvalue weighted by atomic mass is 10.1. The minimum atomic E-state index is -1.07. The maximum absolute atomic E-state index is 12.6. The van der Waals surface area contributed by atoms with Gasteiger partial charge in [-0.25, -0.2) is 9.59 Å². The zero-order chi connectivity index (χ0) is 30.8. The van der Waals surface area contributed by atoms with Crippen LogP contribution in [0.2, 0.25) is 0 Å². The molecule has 0 unspecified atom stereocenters. The summed E-state index contributed by atoms with van der Waals surface area (Å²) in [7, 11) is 0. The third kappa shape index (κ3) is 15.3. The molecule has 3 atom stereocenters. The van der Waals surface area contributed by atoms with Gasteiger partial charge < -0.3 is 34.2 Å². The van der Waals surface area contributed by atoms with Crippen molar-refractivity contribution < 1.29 is 47.6 Å². The van der Waals surface area contributed by atoms with E-state index in [-0.39, 0.29) is 49.4 Å². The minimum Gasteiger partial charge on any atom is -0.459 e. The Labute approximate surface area is 243 Å². The van der Waals surface area contributed by atoms with Gasteiger partial charge in [-0.15, -0.1) is 0 Å². The van der Waals surface area contributed by atoms with Crippen LogP contribution in [0.1, 0.15) is 92.1 Å². The van der Waals surface area contributed by atoms with Crippen LogP contribution in [0.25, 0.3) is 0 Å². The molecule has 11 heteroatoms. The Kier molecular flexibility index (Phi) is 17.1. The maximum atomic E-state index is 12.6. The van der Waals surface area contributed by atoms with Gasteiger partial charge in [-0.1, -0.05) is 59.4 Å². The van der Waals surface area contributed by atoms with E-state index >= 15 is 0 Å². The molecule has 11 nitrogen and oxygen atoms in total. The molecule has 2 N–H and O–H groups in total. The summed E-state index contributed by atoms with van der Waals surface area (Å²) in [5, 5.41) is 0. The van der Waals surface area contributed by atoms with Crippen LogP contribution in [0.4, 0.5) is 9.59 Å². The lowest BCUT2D eigenvalue weighted by molar-refractivity contribution is -0.166. The highest BCUT2D eigenvalue weighted by molar-refractivity contribution is 5.76. The second kappa shape index (κ2) is 19.7. The molecule has 0 aliphatic carbocycles. The molecule has 232 valence electrons. The van der Waals surface area contributed by atoms with Crippen LogP contribution >= 0.6 is 0 Å². The van der Waals surface area contributed by atoms with Crippen LogP contribution in [0.5, 0.6) is 11.5 Å². The molecule has 0 heterocycles. The molecule has 0 bridgehead atoms. The third-order valence-corrected chi connectivity index (χ3v) is 5.94. The van der Waals surface area contributed by atoms with E-state index in [1.165, 1.54) is 12.1 Å². The number of esters is 2. The van der Waals surface area contributed by atoms with Gasteiger partial charge in [0.05, 0.1) is 13.2 Å². The first-order valence-corrected chi connectivity index (χ1v) is 14.4. The summed E-state index contributed by atoms with van der Waals surface area (Å²) in [6.45, 7) is 11.5. The second-order valence-electron chi connectivity index (χ2n) is 10.3. The number of hydrogen-bond acceptors (Lipinski definition) is 11. The number of ether oxygens (including phenoxy) is 6. The normalized spacial score (nSPS) is 13.1. The zero-order valence-corrected chi connectivity index (χ0v) is 25.3. The Morgan fingerprint density at radius 2 is 1.29 bits per heavy atom. The second-order valence-corrected chi connectivity index (χ2v) is 10.3. The van der Waals surface area contributed by atoms with E-state index in [1.54, 1.807) is 19.9 Å². The first-order valence-electron chi connectivity index (χ1n) is 14.4. The van der Waals surface area contributed by atoms with Gasteiger partial charge >= 0.3 is 24.2 Å². The van der Waals surface area contributed by atoms with Gasteiger partial charge in [0.2, 0.25) is 0 Å². The molecule has 41 heavy (non-hydrogen) atoms. The molecule has 0 spiro atoms. The Morgan fingerprint density at radius 3 is 1.83 bits per heavy atom. The van der Waals surface area contributed by atoms with Crippen LogP contribution in [0.3, 0.4) is 0 Å². The summed E-state index contributed by atoms with van der Waals surface area (Å²) in [5.41, 5.74) is 6.60. The first-order chi connectivity index (χ1) is 19.5. The monoisotopic (exact) mass is 581 g/mol. The van der Waals surface area contributed by atoms with Crippen molar-refractivity contribution in [2.45, 2.75) is 111 Å². The van der Waals surface area contributed by atoms with Crippen molar-refractivity contribution in [3.63, 3.8) is 0 Å². The van der Waals surface area contributed by atoms with Gasteiger partial charge in [-0.2, -0.15) is 0 Å². The first kappa shape index (κ1) is 35.7. The van der Waals surface area contributed by atoms with E-state index in [9.17, 15) is 19.2 Å². The Bertz CT molecular complexity index is 965. The molecule has 1 aromatic rings. The number of nitrogens with two attached hydrogens (primary N) is 1. The Hall–Kier alpha value is -3.34. The molecule has 0 aliphatic rings. The summed E-state index contributed by atoms with van der Waals surface area (Å²) in [6, 6.07) is 3.35. The van der Waals surface area contributed by atoms with Crippen LogP contribution < -0.4 is 15.2 Å². The lowest BCUT2D eigenvalue weighted by Gasteiger charge is -2.23. The lowest BCUT2D eigenvalue weighted by Crippen LogP contribution is -2.39. The van der Waals surface area contributed by atoms with E-state index in [1.807, 2.05) is 27.7 Å². The van der Waals surface area contributed by atoms with Crippen LogP contribution in [0, 0.1) is 5.92 Å². The SMILES string of the molecule is CCCCCOC(=O)Oc1ccc(C[C@H](N)C(=O)O[C@@H](C)[C@H](C)OC(=O)CC(C)C)cc1OC(=O)OCCCCC. The predicted octanol–water partition coefficient (Wildman–Crippen LogP) is 5.88. The van der Waals surface area contributed by atoms with Crippen molar-refractivity contribution in [2.24, 2.45) is 11.7 Å². The zero-order valence-electron chi connectivity index (χ0n) is 25.3. The van der Waals surface area contributed by atoms with E-state index < -0.39 is 36.5 Å². The largest absolute Gasteiger partial charge is 0.513 e. The number of carbonyl (C=O) groups excluding carboxylic acids is 4. The molecular weight excluding hydrogens is 534 g/mol. The number of unbranched alkanes of at least 4 members (excludes halogenated alkanes) is 4. The van der Waals surface area contributed by atoms with Crippen LogP contribution in [-0.4, -0.2) is 55.7 Å². The Morgan fingerprint density at radius 1 is 0.756 bits per heavy atom. The maximum Gasteiger partial charge on any atom is 0.513 e. The van der Waals surface area contributed by atoms with E-state index in [4.69, 9.17) is 34.2 Å². The van der Waals surface area contributed by atoms with Crippen LogP contribution in [-0.2, 0) is 35.0 Å². The highest BCUT2D eigenvalue weighted by atomic mass is 16.7. The Balaban J connectivity index is 2.88. The van der Waals surface area contributed by atoms with E-state index in [2.05, 4.69) is 0 Å². The molecule has 0 aliphatic heterocycles. The number of hydrogen-bond donors (Lipinski definition) is 1. The van der Waals surface area contributed by atoms with Crippen molar-refractivity contribution in [3.8, 4) is 11.5 Å². The number of carbonyl (C=O) groups is 4. The highest BCUT2D eigenvalue weighted by Crippen LogP contribution is 2.30. The fourth-order valence-corrected chi connectivity index (χ4v) is 3.49. The fourth-order valence-electron chi connectivity index (χ4n) is 3.49. The standard InChI is InChI=1S/C30H47NO10/c1-7-9-11-15-36-29(34)40-25-14-13-23(19-26(25)41-30(35)37-16-12-10-8-2)18-24(31)28(33)39-22(6)21(5)38-27(32)17-20(3)4/h13-14,19-22,24H,7-12,15-18,31H2,1-6H3/t21-,22-,24-/m0/s1. The topological polar surface area (TPSA) is 150 Å². The number of benzene rings is 1. The minimum absolute atomic E-state index is 0.0245. The molecule has 1 rings (SSSR count). The average molecular weight is 582 g/mol. The summed E-state index contributed by atoms with van der Waals surface area (Å²) < 4.78 is 31.5. The smallest absolute Gasteiger partial charge is 0.459 e. The molecule has 0 amide bonds. The van der Waals surface area contributed by atoms with Crippen molar-refractivity contribution in [2.75, 3.05) is 13.2 Å². The van der Waals surface area contributed by atoms with E-state index in [0.717, 1.165) is 25.7 Å². The van der Waals surface area contributed by atoms with Crippen LogP contribution in [0.15, 0.2) is 18.2 Å². The fraction of sp³-hybridized carbons (Fsp3) is 0.667. The van der Waals surface area contributed by atoms with Gasteiger partial charge in [0, 0.05) is 6.42 Å². The van der Waals surface area contributed by atoms with Gasteiger partial charge in [-0.3, -0.25) is 9.59 Å². The summed E-state index contributed by atoms with van der Waals surface area (Å²) in [5.74, 6) is -1.07. The predicted molar refractivity (Wildman–Crippen MR) is 152 cm³/mol. The van der Waals surface area contributed by atoms with Gasteiger partial charge in [0.1, 0.15) is 18.2 Å². The molecule has 1 aromatic carbocycles. The summed E-state index contributed by atoms with van der Waals surface area (Å²) in [4.78, 5) is 49.0. The van der Waals surface area contributed by atoms with Crippen molar-refractivity contribution >= 4 is 24.2 Å². The van der Waals surface area contributed by atoms with Gasteiger partial charge in [0.15, 0.2) is 11.5 Å². The van der Waals surface area contributed by atoms with Gasteiger partial charge in [-0.05, 0) is 56.7 Å². The van der Waals surface area contributed by atoms with Crippen molar-refractivity contribution in [3.05, 3.63) is 23.8 Å². The molecule has 0 saturated heterocycles. The van der Waals surface area contributed by atoms with Crippen molar-refractivity contribution in [1.29, 1.82) is 0 Å². The van der Waals surface area contributed by atoms with E-state index in [0.29, 0.717) is 18.4 Å². The van der Waals surface area contributed by atoms with Crippen molar-refractivity contribution in [1.82, 2.24) is 0 Å².